The molecule has 0 unspecified atom stereocenters. The van der Waals surface area contributed by atoms with Crippen molar-refractivity contribution >= 4 is 34.2 Å². The second-order valence-electron chi connectivity index (χ2n) is 3.96. The number of benzene rings is 1. The first kappa shape index (κ1) is 13.1. The zero-order valence-electron chi connectivity index (χ0n) is 10.3. The number of rotatable bonds is 3. The zero-order chi connectivity index (χ0) is 13.1. The lowest BCUT2D eigenvalue weighted by Crippen LogP contribution is -2.15. The van der Waals surface area contributed by atoms with Crippen molar-refractivity contribution in [3.05, 3.63) is 45.3 Å². The summed E-state index contributed by atoms with van der Waals surface area (Å²) in [6.07, 6.45) is 0.824. The fraction of sp³-hybridized carbons (Fsp3) is 0.231. The lowest BCUT2D eigenvalue weighted by atomic mass is 10.2. The Bertz CT molecular complexity index is 560. The van der Waals surface area contributed by atoms with Crippen molar-refractivity contribution in [2.45, 2.75) is 13.3 Å². The molecule has 0 fully saturated rings. The molecular weight excluding hydrogens is 341 g/mol. The maximum Gasteiger partial charge on any atom is 0.273 e. The van der Waals surface area contributed by atoms with Crippen LogP contribution in [0.25, 0.3) is 0 Å². The molecule has 2 aromatic rings. The molecule has 1 amide bonds. The van der Waals surface area contributed by atoms with Crippen LogP contribution in [0.3, 0.4) is 0 Å². The second-order valence-corrected chi connectivity index (χ2v) is 5.20. The van der Waals surface area contributed by atoms with E-state index in [0.29, 0.717) is 5.69 Å². The summed E-state index contributed by atoms with van der Waals surface area (Å²) in [5.74, 6) is -0.133. The van der Waals surface area contributed by atoms with Gasteiger partial charge in [0.05, 0.1) is 5.69 Å². The number of anilines is 1. The van der Waals surface area contributed by atoms with Crippen LogP contribution < -0.4 is 5.32 Å². The fourth-order valence-corrected chi connectivity index (χ4v) is 2.00. The van der Waals surface area contributed by atoms with E-state index in [-0.39, 0.29) is 5.91 Å². The molecule has 0 atom stereocenters. The Morgan fingerprint density at radius 1 is 1.39 bits per heavy atom. The topological polar surface area (TPSA) is 46.9 Å². The third-order valence-corrected chi connectivity index (χ3v) is 3.35. The molecule has 4 nitrogen and oxygen atoms in total. The quantitative estimate of drug-likeness (QED) is 0.861. The van der Waals surface area contributed by atoms with E-state index in [0.717, 1.165) is 21.4 Å². The van der Waals surface area contributed by atoms with Crippen molar-refractivity contribution in [3.63, 3.8) is 0 Å². The first-order valence-corrected chi connectivity index (χ1v) is 6.78. The first-order chi connectivity index (χ1) is 8.60. The Kier molecular flexibility index (Phi) is 4.00. The highest BCUT2D eigenvalue weighted by atomic mass is 127. The van der Waals surface area contributed by atoms with Gasteiger partial charge in [0, 0.05) is 16.3 Å². The van der Waals surface area contributed by atoms with E-state index in [1.807, 2.05) is 37.3 Å². The van der Waals surface area contributed by atoms with Gasteiger partial charge in [0.1, 0.15) is 5.69 Å². The number of aryl methyl sites for hydroxylation is 2. The SMILES string of the molecule is CCc1cc(C(=O)Nc2ccc(I)cc2)n(C)n1. The van der Waals surface area contributed by atoms with E-state index >= 15 is 0 Å². The Morgan fingerprint density at radius 3 is 2.61 bits per heavy atom. The summed E-state index contributed by atoms with van der Waals surface area (Å²) in [6.45, 7) is 2.02. The predicted octanol–water partition coefficient (Wildman–Crippen LogP) is 2.84. The molecule has 0 aliphatic rings. The highest BCUT2D eigenvalue weighted by molar-refractivity contribution is 14.1. The lowest BCUT2D eigenvalue weighted by Gasteiger charge is -2.05. The average Bonchev–Trinajstić information content (AvgIpc) is 2.73. The molecule has 0 radical (unpaired) electrons. The van der Waals surface area contributed by atoms with Crippen LogP contribution in [0.15, 0.2) is 30.3 Å². The Morgan fingerprint density at radius 2 is 2.06 bits per heavy atom. The minimum absolute atomic E-state index is 0.133. The molecule has 2 rings (SSSR count). The van der Waals surface area contributed by atoms with Crippen LogP contribution in [-0.4, -0.2) is 15.7 Å². The maximum atomic E-state index is 12.1. The van der Waals surface area contributed by atoms with Gasteiger partial charge in [0.2, 0.25) is 0 Å². The van der Waals surface area contributed by atoms with E-state index in [9.17, 15) is 4.79 Å². The van der Waals surface area contributed by atoms with Crippen molar-refractivity contribution < 1.29 is 4.79 Å². The Hall–Kier alpha value is -1.37. The number of carbonyl (C=O) groups is 1. The Labute approximate surface area is 120 Å². The van der Waals surface area contributed by atoms with Crippen molar-refractivity contribution in [2.24, 2.45) is 7.05 Å². The highest BCUT2D eigenvalue weighted by Gasteiger charge is 2.12. The van der Waals surface area contributed by atoms with Gasteiger partial charge < -0.3 is 5.32 Å². The van der Waals surface area contributed by atoms with Gasteiger partial charge in [-0.3, -0.25) is 9.48 Å². The molecule has 0 spiro atoms. The third-order valence-electron chi connectivity index (χ3n) is 2.63. The normalized spacial score (nSPS) is 10.4. The van der Waals surface area contributed by atoms with Gasteiger partial charge >= 0.3 is 0 Å². The molecule has 0 saturated heterocycles. The monoisotopic (exact) mass is 355 g/mol. The third kappa shape index (κ3) is 2.90. The number of carbonyl (C=O) groups excluding carboxylic acids is 1. The summed E-state index contributed by atoms with van der Waals surface area (Å²) in [5, 5.41) is 7.12. The van der Waals surface area contributed by atoms with Gasteiger partial charge in [0.15, 0.2) is 0 Å². The van der Waals surface area contributed by atoms with Gasteiger partial charge in [-0.1, -0.05) is 6.92 Å². The molecule has 18 heavy (non-hydrogen) atoms. The number of nitrogens with zero attached hydrogens (tertiary/aromatic N) is 2. The molecule has 94 valence electrons. The largest absolute Gasteiger partial charge is 0.321 e. The van der Waals surface area contributed by atoms with Crippen LogP contribution in [0.1, 0.15) is 23.1 Å². The summed E-state index contributed by atoms with van der Waals surface area (Å²) in [4.78, 5) is 12.1. The number of nitrogens with one attached hydrogen (secondary N) is 1. The summed E-state index contributed by atoms with van der Waals surface area (Å²) < 4.78 is 2.75. The molecule has 5 heteroatoms. The minimum atomic E-state index is -0.133. The van der Waals surface area contributed by atoms with Crippen molar-refractivity contribution in [2.75, 3.05) is 5.32 Å². The summed E-state index contributed by atoms with van der Waals surface area (Å²) in [6, 6.07) is 9.50. The molecule has 1 aromatic heterocycles. The lowest BCUT2D eigenvalue weighted by molar-refractivity contribution is 0.101. The molecule has 0 saturated carbocycles. The number of halogens is 1. The summed E-state index contributed by atoms with van der Waals surface area (Å²) in [5.41, 5.74) is 2.29. The van der Waals surface area contributed by atoms with Gasteiger partial charge in [-0.15, -0.1) is 0 Å². The van der Waals surface area contributed by atoms with E-state index in [1.165, 1.54) is 0 Å². The first-order valence-electron chi connectivity index (χ1n) is 5.70. The van der Waals surface area contributed by atoms with Crippen LogP contribution in [0.2, 0.25) is 0 Å². The van der Waals surface area contributed by atoms with Crippen molar-refractivity contribution in [1.29, 1.82) is 0 Å². The number of aromatic nitrogens is 2. The van der Waals surface area contributed by atoms with Gasteiger partial charge in [0.25, 0.3) is 5.91 Å². The average molecular weight is 355 g/mol. The smallest absolute Gasteiger partial charge is 0.273 e. The molecule has 1 aromatic carbocycles. The molecule has 0 aliphatic carbocycles. The maximum absolute atomic E-state index is 12.1. The van der Waals surface area contributed by atoms with Crippen LogP contribution in [0.4, 0.5) is 5.69 Å². The standard InChI is InChI=1S/C13H14IN3O/c1-3-10-8-12(17(2)16-10)13(18)15-11-6-4-9(14)5-7-11/h4-8H,3H2,1-2H3,(H,15,18). The minimum Gasteiger partial charge on any atom is -0.321 e. The molecule has 1 N–H and O–H groups in total. The van der Waals surface area contributed by atoms with E-state index in [1.54, 1.807) is 11.7 Å². The van der Waals surface area contributed by atoms with Gasteiger partial charge in [-0.25, -0.2) is 0 Å². The highest BCUT2D eigenvalue weighted by Crippen LogP contribution is 2.13. The molecular formula is C13H14IN3O. The van der Waals surface area contributed by atoms with Gasteiger partial charge in [-0.2, -0.15) is 5.10 Å². The van der Waals surface area contributed by atoms with Crippen molar-refractivity contribution in [3.8, 4) is 0 Å². The zero-order valence-corrected chi connectivity index (χ0v) is 12.4. The number of hydrogen-bond acceptors (Lipinski definition) is 2. The Balaban J connectivity index is 2.16. The number of amides is 1. The molecule has 0 bridgehead atoms. The van der Waals surface area contributed by atoms with E-state index < -0.39 is 0 Å². The van der Waals surface area contributed by atoms with Crippen LogP contribution >= 0.6 is 22.6 Å². The second kappa shape index (κ2) is 5.51. The molecule has 1 heterocycles. The van der Waals surface area contributed by atoms with Crippen LogP contribution in [-0.2, 0) is 13.5 Å². The predicted molar refractivity (Wildman–Crippen MR) is 79.7 cm³/mol. The van der Waals surface area contributed by atoms with Crippen LogP contribution in [0, 0.1) is 3.57 Å². The summed E-state index contributed by atoms with van der Waals surface area (Å²) >= 11 is 2.23. The van der Waals surface area contributed by atoms with E-state index in [4.69, 9.17) is 0 Å². The van der Waals surface area contributed by atoms with Gasteiger partial charge in [-0.05, 0) is 59.3 Å². The van der Waals surface area contributed by atoms with Crippen LogP contribution in [0.5, 0.6) is 0 Å². The number of hydrogen-bond donors (Lipinski definition) is 1. The fourth-order valence-electron chi connectivity index (χ4n) is 1.64. The van der Waals surface area contributed by atoms with E-state index in [2.05, 4.69) is 33.0 Å². The van der Waals surface area contributed by atoms with Crippen molar-refractivity contribution in [1.82, 2.24) is 9.78 Å². The summed E-state index contributed by atoms with van der Waals surface area (Å²) in [7, 11) is 1.78. The molecule has 0 aliphatic heterocycles.